The molecule has 1 amide bonds. The Morgan fingerprint density at radius 1 is 1.26 bits per heavy atom. The van der Waals surface area contributed by atoms with Crippen LogP contribution in [-0.2, 0) is 0 Å². The van der Waals surface area contributed by atoms with Crippen LogP contribution in [0.15, 0.2) is 48.5 Å². The number of nitrogens with zero attached hydrogens (tertiary/aromatic N) is 1. The van der Waals surface area contributed by atoms with Crippen molar-refractivity contribution >= 4 is 23.2 Å². The second-order valence-corrected chi connectivity index (χ2v) is 8.17. The molecule has 0 aliphatic carbocycles. The average Bonchev–Trinajstić information content (AvgIpc) is 2.63. The van der Waals surface area contributed by atoms with Gasteiger partial charge >= 0.3 is 0 Å². The molecule has 0 bridgehead atoms. The van der Waals surface area contributed by atoms with E-state index in [-0.39, 0.29) is 11.7 Å². The second kappa shape index (κ2) is 8.66. The summed E-state index contributed by atoms with van der Waals surface area (Å²) in [6.45, 7) is 5.89. The van der Waals surface area contributed by atoms with Gasteiger partial charge in [0.05, 0.1) is 0 Å². The van der Waals surface area contributed by atoms with E-state index in [1.165, 1.54) is 0 Å². The molecule has 27 heavy (non-hydrogen) atoms. The molecular weight excluding hydrogens is 360 g/mol. The third-order valence-corrected chi connectivity index (χ3v) is 5.32. The lowest BCUT2D eigenvalue weighted by atomic mass is 9.85. The molecule has 4 nitrogen and oxygen atoms in total. The van der Waals surface area contributed by atoms with Crippen molar-refractivity contribution in [2.24, 2.45) is 11.8 Å². The Morgan fingerprint density at radius 3 is 2.67 bits per heavy atom. The van der Waals surface area contributed by atoms with Crippen molar-refractivity contribution in [2.45, 2.75) is 32.7 Å². The number of hydrogen-bond acceptors (Lipinski definition) is 3. The van der Waals surface area contributed by atoms with E-state index in [4.69, 9.17) is 11.6 Å². The highest BCUT2D eigenvalue weighted by Gasteiger charge is 2.32. The maximum atomic E-state index is 12.9. The summed E-state index contributed by atoms with van der Waals surface area (Å²) in [4.78, 5) is 14.8. The van der Waals surface area contributed by atoms with Crippen molar-refractivity contribution < 1.29 is 9.90 Å². The highest BCUT2D eigenvalue weighted by atomic mass is 35.5. The van der Waals surface area contributed by atoms with Gasteiger partial charge in [0, 0.05) is 35.4 Å². The molecule has 1 heterocycles. The van der Waals surface area contributed by atoms with Gasteiger partial charge in [-0.05, 0) is 67.1 Å². The number of carbonyl (C=O) groups excluding carboxylic acids is 1. The van der Waals surface area contributed by atoms with Gasteiger partial charge in [-0.2, -0.15) is 0 Å². The molecule has 0 spiro atoms. The smallest absolute Gasteiger partial charge is 0.253 e. The summed E-state index contributed by atoms with van der Waals surface area (Å²) in [5.41, 5.74) is 1.65. The predicted molar refractivity (Wildman–Crippen MR) is 110 cm³/mol. The molecule has 1 aliphatic rings. The maximum absolute atomic E-state index is 12.9. The summed E-state index contributed by atoms with van der Waals surface area (Å²) in [6.07, 6.45) is 1.95. The van der Waals surface area contributed by atoms with Gasteiger partial charge in [0.15, 0.2) is 0 Å². The van der Waals surface area contributed by atoms with Crippen molar-refractivity contribution in [3.8, 4) is 5.75 Å². The fourth-order valence-corrected chi connectivity index (χ4v) is 4.02. The van der Waals surface area contributed by atoms with Crippen molar-refractivity contribution in [2.75, 3.05) is 18.4 Å². The molecule has 0 radical (unpaired) electrons. The molecule has 2 N–H and O–H groups in total. The summed E-state index contributed by atoms with van der Waals surface area (Å²) >= 11 is 6.12. The monoisotopic (exact) mass is 386 g/mol. The minimum absolute atomic E-state index is 0.0324. The Balaban J connectivity index is 1.71. The molecule has 1 aliphatic heterocycles. The van der Waals surface area contributed by atoms with E-state index in [0.29, 0.717) is 30.0 Å². The van der Waals surface area contributed by atoms with Crippen LogP contribution >= 0.6 is 11.6 Å². The molecule has 1 saturated heterocycles. The van der Waals surface area contributed by atoms with E-state index in [1.807, 2.05) is 29.2 Å². The lowest BCUT2D eigenvalue weighted by Gasteiger charge is -2.40. The van der Waals surface area contributed by atoms with Crippen molar-refractivity contribution in [3.63, 3.8) is 0 Å². The number of amides is 1. The van der Waals surface area contributed by atoms with Gasteiger partial charge in [0.1, 0.15) is 5.75 Å². The van der Waals surface area contributed by atoms with Gasteiger partial charge in [-0.15, -0.1) is 0 Å². The van der Waals surface area contributed by atoms with E-state index < -0.39 is 0 Å². The van der Waals surface area contributed by atoms with Crippen LogP contribution in [0.5, 0.6) is 5.75 Å². The summed E-state index contributed by atoms with van der Waals surface area (Å²) in [7, 11) is 0. The van der Waals surface area contributed by atoms with Gasteiger partial charge in [-0.25, -0.2) is 0 Å². The molecule has 3 rings (SSSR count). The van der Waals surface area contributed by atoms with Gasteiger partial charge < -0.3 is 15.3 Å². The number of nitrogens with one attached hydrogen (secondary N) is 1. The second-order valence-electron chi connectivity index (χ2n) is 7.74. The van der Waals surface area contributed by atoms with Gasteiger partial charge in [-0.1, -0.05) is 31.5 Å². The van der Waals surface area contributed by atoms with Crippen LogP contribution in [0.4, 0.5) is 5.69 Å². The van der Waals surface area contributed by atoms with E-state index in [2.05, 4.69) is 19.2 Å². The molecule has 1 fully saturated rings. The zero-order valence-electron chi connectivity index (χ0n) is 15.9. The fraction of sp³-hybridized carbons (Fsp3) is 0.409. The lowest BCUT2D eigenvalue weighted by Crippen LogP contribution is -2.49. The molecule has 0 aromatic heterocycles. The number of halogens is 1. The molecule has 2 atom stereocenters. The van der Waals surface area contributed by atoms with Crippen LogP contribution in [0.25, 0.3) is 0 Å². The Bertz CT molecular complexity index is 776. The quantitative estimate of drug-likeness (QED) is 0.757. The van der Waals surface area contributed by atoms with Gasteiger partial charge in [0.25, 0.3) is 5.91 Å². The molecule has 2 aromatic carbocycles. The Morgan fingerprint density at radius 2 is 2.00 bits per heavy atom. The first-order valence-corrected chi connectivity index (χ1v) is 9.90. The number of anilines is 1. The molecular formula is C22H27ClN2O2. The van der Waals surface area contributed by atoms with Crippen LogP contribution in [0.3, 0.4) is 0 Å². The number of carbonyl (C=O) groups is 1. The minimum Gasteiger partial charge on any atom is -0.508 e. The van der Waals surface area contributed by atoms with Crippen LogP contribution in [-0.4, -0.2) is 35.0 Å². The van der Waals surface area contributed by atoms with Crippen LogP contribution in [0.2, 0.25) is 5.02 Å². The zero-order chi connectivity index (χ0) is 19.4. The van der Waals surface area contributed by atoms with Crippen molar-refractivity contribution in [3.05, 3.63) is 59.1 Å². The summed E-state index contributed by atoms with van der Waals surface area (Å²) < 4.78 is 0. The van der Waals surface area contributed by atoms with Gasteiger partial charge in [-0.3, -0.25) is 4.79 Å². The summed E-state index contributed by atoms with van der Waals surface area (Å²) in [5.74, 6) is 1.14. The summed E-state index contributed by atoms with van der Waals surface area (Å²) in [5, 5.41) is 13.8. The number of benzene rings is 2. The standard InChI is InChI=1S/C22H27ClN2O2/c1-15(2)12-17-14-25(22(27)16-6-8-20(26)9-7-16)11-10-21(17)24-19-5-3-4-18(23)13-19/h3-9,13,15,17,21,24,26H,10-12,14H2,1-2H3/t17-,21+/m0/s1. The first kappa shape index (κ1) is 19.6. The Hall–Kier alpha value is -2.20. The van der Waals surface area contributed by atoms with Crippen LogP contribution in [0, 0.1) is 11.8 Å². The van der Waals surface area contributed by atoms with Crippen LogP contribution < -0.4 is 5.32 Å². The lowest BCUT2D eigenvalue weighted by molar-refractivity contribution is 0.0644. The van der Waals surface area contributed by atoms with E-state index in [1.54, 1.807) is 24.3 Å². The highest BCUT2D eigenvalue weighted by Crippen LogP contribution is 2.28. The largest absolute Gasteiger partial charge is 0.508 e. The normalized spacial score (nSPS) is 19.9. The maximum Gasteiger partial charge on any atom is 0.253 e. The van der Waals surface area contributed by atoms with Crippen molar-refractivity contribution in [1.82, 2.24) is 4.90 Å². The van der Waals surface area contributed by atoms with Crippen molar-refractivity contribution in [1.29, 1.82) is 0 Å². The summed E-state index contributed by atoms with van der Waals surface area (Å²) in [6, 6.07) is 14.6. The third-order valence-electron chi connectivity index (χ3n) is 5.09. The number of rotatable bonds is 5. The zero-order valence-corrected chi connectivity index (χ0v) is 16.6. The number of piperidine rings is 1. The number of aromatic hydroxyl groups is 1. The first-order chi connectivity index (χ1) is 12.9. The molecule has 144 valence electrons. The Labute approximate surface area is 166 Å². The van der Waals surface area contributed by atoms with Crippen LogP contribution in [0.1, 0.15) is 37.0 Å². The molecule has 0 unspecified atom stereocenters. The van der Waals surface area contributed by atoms with Gasteiger partial charge in [0.2, 0.25) is 0 Å². The number of likely N-dealkylation sites (tertiary alicyclic amines) is 1. The Kier molecular flexibility index (Phi) is 6.27. The topological polar surface area (TPSA) is 52.6 Å². The minimum atomic E-state index is 0.0324. The van der Waals surface area contributed by atoms with E-state index in [9.17, 15) is 9.90 Å². The van der Waals surface area contributed by atoms with E-state index >= 15 is 0 Å². The number of hydrogen-bond donors (Lipinski definition) is 2. The highest BCUT2D eigenvalue weighted by molar-refractivity contribution is 6.30. The SMILES string of the molecule is CC(C)C[C@H]1CN(C(=O)c2ccc(O)cc2)CC[C@H]1Nc1cccc(Cl)c1. The molecule has 0 saturated carbocycles. The first-order valence-electron chi connectivity index (χ1n) is 9.53. The fourth-order valence-electron chi connectivity index (χ4n) is 3.83. The molecule has 2 aromatic rings. The predicted octanol–water partition coefficient (Wildman–Crippen LogP) is 5.03. The van der Waals surface area contributed by atoms with E-state index in [0.717, 1.165) is 30.1 Å². The number of phenols is 1. The number of phenolic OH excluding ortho intramolecular Hbond substituents is 1. The average molecular weight is 387 g/mol. The molecule has 5 heteroatoms. The third kappa shape index (κ3) is 5.16.